The minimum Gasteiger partial charge on any atom is -0.493 e. The van der Waals surface area contributed by atoms with Gasteiger partial charge in [0.2, 0.25) is 0 Å². The Morgan fingerprint density at radius 1 is 1.12 bits per heavy atom. The molecule has 5 heteroatoms. The third-order valence-corrected chi connectivity index (χ3v) is 4.41. The molecule has 3 rings (SSSR count). The Bertz CT molecular complexity index is 884. The van der Waals surface area contributed by atoms with E-state index in [2.05, 4.69) is 31.0 Å². The standard InChI is InChI=1S/C20H24N2O3/c1-13-11-16-17(12-14(13)2)22(20(21-16)15(3)23)9-10-25-19-8-6-5-7-18(19)24-4/h5-8,11-12,15,23H,9-10H2,1-4H3. The van der Waals surface area contributed by atoms with Crippen molar-refractivity contribution in [1.29, 1.82) is 0 Å². The van der Waals surface area contributed by atoms with Crippen molar-refractivity contribution >= 4 is 11.0 Å². The van der Waals surface area contributed by atoms with E-state index in [0.717, 1.165) is 11.0 Å². The molecule has 0 radical (unpaired) electrons. The molecule has 0 spiro atoms. The van der Waals surface area contributed by atoms with Gasteiger partial charge in [-0.15, -0.1) is 0 Å². The lowest BCUT2D eigenvalue weighted by atomic mass is 10.1. The van der Waals surface area contributed by atoms with Crippen LogP contribution in [0.15, 0.2) is 36.4 Å². The number of aryl methyl sites for hydroxylation is 2. The Balaban J connectivity index is 1.87. The van der Waals surface area contributed by atoms with Crippen LogP contribution in [0.5, 0.6) is 11.5 Å². The Morgan fingerprint density at radius 2 is 1.80 bits per heavy atom. The Hall–Kier alpha value is -2.53. The van der Waals surface area contributed by atoms with E-state index in [-0.39, 0.29) is 0 Å². The first-order chi connectivity index (χ1) is 12.0. The number of para-hydroxylation sites is 2. The molecule has 0 fully saturated rings. The van der Waals surface area contributed by atoms with Gasteiger partial charge in [0.15, 0.2) is 11.5 Å². The lowest BCUT2D eigenvalue weighted by Gasteiger charge is -2.14. The Morgan fingerprint density at radius 3 is 2.48 bits per heavy atom. The van der Waals surface area contributed by atoms with Crippen LogP contribution in [0, 0.1) is 13.8 Å². The van der Waals surface area contributed by atoms with E-state index in [9.17, 15) is 5.11 Å². The predicted octanol–water partition coefficient (Wildman–Crippen LogP) is 3.79. The number of aliphatic hydroxyl groups is 1. The smallest absolute Gasteiger partial charge is 0.161 e. The largest absolute Gasteiger partial charge is 0.493 e. The number of benzene rings is 2. The molecule has 0 bridgehead atoms. The van der Waals surface area contributed by atoms with Crippen molar-refractivity contribution in [1.82, 2.24) is 9.55 Å². The van der Waals surface area contributed by atoms with Crippen LogP contribution in [0.2, 0.25) is 0 Å². The van der Waals surface area contributed by atoms with Gasteiger partial charge in [-0.05, 0) is 56.2 Å². The van der Waals surface area contributed by atoms with Crippen LogP contribution < -0.4 is 9.47 Å². The molecule has 1 heterocycles. The van der Waals surface area contributed by atoms with E-state index in [1.807, 2.05) is 28.8 Å². The number of methoxy groups -OCH3 is 1. The molecule has 132 valence electrons. The molecule has 0 saturated heterocycles. The minimum atomic E-state index is -0.640. The summed E-state index contributed by atoms with van der Waals surface area (Å²) in [7, 11) is 1.63. The maximum atomic E-state index is 10.1. The van der Waals surface area contributed by atoms with Crippen LogP contribution in [0.3, 0.4) is 0 Å². The highest BCUT2D eigenvalue weighted by Gasteiger charge is 2.16. The fraction of sp³-hybridized carbons (Fsp3) is 0.350. The molecule has 25 heavy (non-hydrogen) atoms. The summed E-state index contributed by atoms with van der Waals surface area (Å²) in [5.74, 6) is 2.07. The van der Waals surface area contributed by atoms with Gasteiger partial charge in [0, 0.05) is 0 Å². The first-order valence-electron chi connectivity index (χ1n) is 8.42. The monoisotopic (exact) mass is 340 g/mol. The van der Waals surface area contributed by atoms with E-state index in [1.165, 1.54) is 11.1 Å². The quantitative estimate of drug-likeness (QED) is 0.742. The molecule has 0 saturated carbocycles. The number of hydrogen-bond donors (Lipinski definition) is 1. The third kappa shape index (κ3) is 3.46. The normalized spacial score (nSPS) is 12.4. The van der Waals surface area contributed by atoms with Crippen LogP contribution >= 0.6 is 0 Å². The van der Waals surface area contributed by atoms with E-state index in [1.54, 1.807) is 14.0 Å². The summed E-state index contributed by atoms with van der Waals surface area (Å²) in [4.78, 5) is 4.61. The van der Waals surface area contributed by atoms with Crippen LogP contribution in [-0.2, 0) is 6.54 Å². The zero-order valence-electron chi connectivity index (χ0n) is 15.1. The van der Waals surface area contributed by atoms with Crippen molar-refractivity contribution in [3.8, 4) is 11.5 Å². The van der Waals surface area contributed by atoms with Crippen molar-refractivity contribution in [2.24, 2.45) is 0 Å². The molecule has 1 aromatic heterocycles. The second-order valence-corrected chi connectivity index (χ2v) is 6.22. The highest BCUT2D eigenvalue weighted by Crippen LogP contribution is 2.27. The van der Waals surface area contributed by atoms with Gasteiger partial charge in [0.05, 0.1) is 24.7 Å². The van der Waals surface area contributed by atoms with Crippen LogP contribution in [0.1, 0.15) is 30.0 Å². The highest BCUT2D eigenvalue weighted by atomic mass is 16.5. The molecule has 5 nitrogen and oxygen atoms in total. The first-order valence-corrected chi connectivity index (χ1v) is 8.42. The molecule has 0 aliphatic carbocycles. The van der Waals surface area contributed by atoms with Crippen molar-refractivity contribution < 1.29 is 14.6 Å². The lowest BCUT2D eigenvalue weighted by Crippen LogP contribution is -2.13. The lowest BCUT2D eigenvalue weighted by molar-refractivity contribution is 0.181. The third-order valence-electron chi connectivity index (χ3n) is 4.41. The first kappa shape index (κ1) is 17.3. The number of aliphatic hydroxyl groups excluding tert-OH is 1. The minimum absolute atomic E-state index is 0.457. The number of imidazole rings is 1. The Labute approximate surface area is 147 Å². The maximum Gasteiger partial charge on any atom is 0.161 e. The second-order valence-electron chi connectivity index (χ2n) is 6.22. The number of hydrogen-bond acceptors (Lipinski definition) is 4. The van der Waals surface area contributed by atoms with Crippen molar-refractivity contribution in [3.05, 3.63) is 53.3 Å². The topological polar surface area (TPSA) is 56.5 Å². The van der Waals surface area contributed by atoms with Crippen molar-refractivity contribution in [3.63, 3.8) is 0 Å². The summed E-state index contributed by atoms with van der Waals surface area (Å²) in [6.45, 7) is 6.94. The van der Waals surface area contributed by atoms with E-state index in [4.69, 9.17) is 9.47 Å². The van der Waals surface area contributed by atoms with Gasteiger partial charge in [-0.3, -0.25) is 0 Å². The van der Waals surface area contributed by atoms with E-state index in [0.29, 0.717) is 30.5 Å². The van der Waals surface area contributed by atoms with E-state index < -0.39 is 6.10 Å². The molecular formula is C20H24N2O3. The SMILES string of the molecule is COc1ccccc1OCCn1c(C(C)O)nc2cc(C)c(C)cc21. The number of fused-ring (bicyclic) bond motifs is 1. The van der Waals surface area contributed by atoms with E-state index >= 15 is 0 Å². The van der Waals surface area contributed by atoms with Crippen molar-refractivity contribution in [2.75, 3.05) is 13.7 Å². The number of rotatable bonds is 6. The molecule has 0 amide bonds. The average molecular weight is 340 g/mol. The number of ether oxygens (including phenoxy) is 2. The van der Waals surface area contributed by atoms with Crippen LogP contribution in [-0.4, -0.2) is 28.4 Å². The molecular weight excluding hydrogens is 316 g/mol. The fourth-order valence-electron chi connectivity index (χ4n) is 2.94. The number of aromatic nitrogens is 2. The zero-order valence-corrected chi connectivity index (χ0v) is 15.1. The Kier molecular flexibility index (Phi) is 4.95. The zero-order chi connectivity index (χ0) is 18.0. The highest BCUT2D eigenvalue weighted by molar-refractivity contribution is 5.78. The van der Waals surface area contributed by atoms with Gasteiger partial charge >= 0.3 is 0 Å². The van der Waals surface area contributed by atoms with Gasteiger partial charge in [-0.1, -0.05) is 12.1 Å². The average Bonchev–Trinajstić information content (AvgIpc) is 2.94. The molecule has 2 aromatic carbocycles. The van der Waals surface area contributed by atoms with Crippen LogP contribution in [0.4, 0.5) is 0 Å². The second kappa shape index (κ2) is 7.15. The maximum absolute atomic E-state index is 10.1. The summed E-state index contributed by atoms with van der Waals surface area (Å²) >= 11 is 0. The summed E-state index contributed by atoms with van der Waals surface area (Å²) < 4.78 is 13.2. The van der Waals surface area contributed by atoms with Crippen LogP contribution in [0.25, 0.3) is 11.0 Å². The van der Waals surface area contributed by atoms with Crippen molar-refractivity contribution in [2.45, 2.75) is 33.4 Å². The van der Waals surface area contributed by atoms with Gasteiger partial charge in [0.1, 0.15) is 18.5 Å². The molecule has 1 unspecified atom stereocenters. The molecule has 1 atom stereocenters. The van der Waals surface area contributed by atoms with Gasteiger partial charge < -0.3 is 19.1 Å². The summed E-state index contributed by atoms with van der Waals surface area (Å²) in [5.41, 5.74) is 4.31. The molecule has 0 aliphatic rings. The van der Waals surface area contributed by atoms with Gasteiger partial charge in [-0.25, -0.2) is 4.98 Å². The number of nitrogens with zero attached hydrogens (tertiary/aromatic N) is 2. The summed E-state index contributed by atoms with van der Waals surface area (Å²) in [6, 6.07) is 11.8. The molecule has 0 aliphatic heterocycles. The summed E-state index contributed by atoms with van der Waals surface area (Å²) in [6.07, 6.45) is -0.640. The molecule has 1 N–H and O–H groups in total. The van der Waals surface area contributed by atoms with Gasteiger partial charge in [-0.2, -0.15) is 0 Å². The molecule has 3 aromatic rings. The fourth-order valence-corrected chi connectivity index (χ4v) is 2.94. The summed E-state index contributed by atoms with van der Waals surface area (Å²) in [5, 5.41) is 10.1. The van der Waals surface area contributed by atoms with Gasteiger partial charge in [0.25, 0.3) is 0 Å². The predicted molar refractivity (Wildman–Crippen MR) is 98.3 cm³/mol.